The highest BCUT2D eigenvalue weighted by Gasteiger charge is 2.32. The first-order valence-corrected chi connectivity index (χ1v) is 11.1. The first-order valence-electron chi connectivity index (χ1n) is 11.1. The Morgan fingerprint density at radius 1 is 1.00 bits per heavy atom. The van der Waals surface area contributed by atoms with E-state index < -0.39 is 6.04 Å². The molecule has 6 heteroatoms. The number of benzene rings is 3. The van der Waals surface area contributed by atoms with Crippen molar-refractivity contribution in [3.8, 4) is 11.1 Å². The lowest BCUT2D eigenvalue weighted by molar-refractivity contribution is -0.128. The molecule has 3 aromatic carbocycles. The standard InChI is InChI=1S/C27H29N3O2.ClH/c1-19(28-2)26(31)29-24-17-16-21-12-7-9-15-25(21)30(27(24)32)18-22-13-6-8-14-23(22)20-10-4-3-5-11-20;/h3-15,19,24,28H,16-18H2,1-2H3,(H,29,31);1H/t19-,24?;/m0./s1. The number of anilines is 1. The molecule has 0 aliphatic carbocycles. The van der Waals surface area contributed by atoms with E-state index in [9.17, 15) is 9.59 Å². The summed E-state index contributed by atoms with van der Waals surface area (Å²) in [7, 11) is 1.74. The average molecular weight is 464 g/mol. The predicted octanol–water partition coefficient (Wildman–Crippen LogP) is 4.35. The smallest absolute Gasteiger partial charge is 0.249 e. The highest BCUT2D eigenvalue weighted by Crippen LogP contribution is 2.31. The second-order valence-electron chi connectivity index (χ2n) is 8.19. The molecule has 0 saturated carbocycles. The van der Waals surface area contributed by atoms with Crippen molar-refractivity contribution >= 4 is 29.9 Å². The van der Waals surface area contributed by atoms with Gasteiger partial charge >= 0.3 is 0 Å². The number of aryl methyl sites for hydroxylation is 1. The summed E-state index contributed by atoms with van der Waals surface area (Å²) >= 11 is 0. The van der Waals surface area contributed by atoms with Crippen LogP contribution in [-0.4, -0.2) is 30.9 Å². The van der Waals surface area contributed by atoms with Crippen molar-refractivity contribution in [3.05, 3.63) is 90.0 Å². The van der Waals surface area contributed by atoms with Crippen molar-refractivity contribution in [1.29, 1.82) is 0 Å². The molecule has 4 rings (SSSR count). The zero-order chi connectivity index (χ0) is 22.5. The summed E-state index contributed by atoms with van der Waals surface area (Å²) in [4.78, 5) is 28.1. The van der Waals surface area contributed by atoms with E-state index in [0.29, 0.717) is 13.0 Å². The van der Waals surface area contributed by atoms with Crippen molar-refractivity contribution in [3.63, 3.8) is 0 Å². The first-order chi connectivity index (χ1) is 15.6. The molecule has 172 valence electrons. The van der Waals surface area contributed by atoms with Gasteiger partial charge in [-0.05, 0) is 55.1 Å². The molecule has 2 N–H and O–H groups in total. The lowest BCUT2D eigenvalue weighted by atomic mass is 9.99. The van der Waals surface area contributed by atoms with Crippen LogP contribution in [0.15, 0.2) is 78.9 Å². The molecular formula is C27H30ClN3O2. The topological polar surface area (TPSA) is 61.4 Å². The lowest BCUT2D eigenvalue weighted by Gasteiger charge is -2.28. The summed E-state index contributed by atoms with van der Waals surface area (Å²) in [6.07, 6.45) is 1.31. The number of rotatable bonds is 6. The lowest BCUT2D eigenvalue weighted by Crippen LogP contribution is -2.52. The fourth-order valence-corrected chi connectivity index (χ4v) is 4.17. The Balaban J connectivity index is 0.00000306. The van der Waals surface area contributed by atoms with Crippen LogP contribution in [-0.2, 0) is 22.6 Å². The molecule has 0 spiro atoms. The van der Waals surface area contributed by atoms with E-state index >= 15 is 0 Å². The molecule has 33 heavy (non-hydrogen) atoms. The van der Waals surface area contributed by atoms with Crippen LogP contribution >= 0.6 is 12.4 Å². The highest BCUT2D eigenvalue weighted by atomic mass is 35.5. The number of nitrogens with zero attached hydrogens (tertiary/aromatic N) is 1. The number of carbonyl (C=O) groups is 2. The average Bonchev–Trinajstić information content (AvgIpc) is 2.96. The number of nitrogens with one attached hydrogen (secondary N) is 2. The number of halogens is 1. The van der Waals surface area contributed by atoms with Gasteiger partial charge in [-0.1, -0.05) is 72.8 Å². The number of carbonyl (C=O) groups excluding carboxylic acids is 2. The van der Waals surface area contributed by atoms with E-state index in [1.165, 1.54) is 0 Å². The Kier molecular flexibility index (Phi) is 8.26. The molecule has 5 nitrogen and oxygen atoms in total. The van der Waals surface area contributed by atoms with Crippen LogP contribution in [0.5, 0.6) is 0 Å². The molecule has 0 bridgehead atoms. The zero-order valence-electron chi connectivity index (χ0n) is 19.0. The summed E-state index contributed by atoms with van der Waals surface area (Å²) in [6.45, 7) is 2.23. The molecule has 1 unspecified atom stereocenters. The fraction of sp³-hybridized carbons (Fsp3) is 0.259. The fourth-order valence-electron chi connectivity index (χ4n) is 4.17. The second-order valence-corrected chi connectivity index (χ2v) is 8.19. The summed E-state index contributed by atoms with van der Waals surface area (Å²) in [5, 5.41) is 5.91. The molecular weight excluding hydrogens is 434 g/mol. The Morgan fingerprint density at radius 3 is 2.42 bits per heavy atom. The minimum absolute atomic E-state index is 0. The summed E-state index contributed by atoms with van der Waals surface area (Å²) in [5.74, 6) is -0.240. The number of hydrogen-bond acceptors (Lipinski definition) is 3. The van der Waals surface area contributed by atoms with Crippen LogP contribution in [0.3, 0.4) is 0 Å². The molecule has 2 amide bonds. The van der Waals surface area contributed by atoms with Gasteiger partial charge in [0.15, 0.2) is 0 Å². The van der Waals surface area contributed by atoms with Gasteiger partial charge in [0.25, 0.3) is 0 Å². The largest absolute Gasteiger partial charge is 0.343 e. The van der Waals surface area contributed by atoms with Crippen molar-refractivity contribution in [2.75, 3.05) is 11.9 Å². The van der Waals surface area contributed by atoms with E-state index in [2.05, 4.69) is 41.0 Å². The van der Waals surface area contributed by atoms with Gasteiger partial charge in [0, 0.05) is 5.69 Å². The van der Waals surface area contributed by atoms with E-state index in [4.69, 9.17) is 0 Å². The molecule has 1 aliphatic heterocycles. The summed E-state index contributed by atoms with van der Waals surface area (Å²) in [6, 6.07) is 25.5. The zero-order valence-corrected chi connectivity index (χ0v) is 19.8. The summed E-state index contributed by atoms with van der Waals surface area (Å²) < 4.78 is 0. The quantitative estimate of drug-likeness (QED) is 0.571. The monoisotopic (exact) mass is 463 g/mol. The number of fused-ring (bicyclic) bond motifs is 1. The Bertz CT molecular complexity index is 1100. The summed E-state index contributed by atoms with van der Waals surface area (Å²) in [5.41, 5.74) is 5.33. The van der Waals surface area contributed by atoms with Crippen molar-refractivity contribution in [2.45, 2.75) is 38.4 Å². The van der Waals surface area contributed by atoms with E-state index in [1.807, 2.05) is 53.4 Å². The number of hydrogen-bond donors (Lipinski definition) is 2. The predicted molar refractivity (Wildman–Crippen MR) is 136 cm³/mol. The number of likely N-dealkylation sites (N-methyl/N-ethyl adjacent to an activating group) is 1. The van der Waals surface area contributed by atoms with Gasteiger partial charge in [-0.3, -0.25) is 9.59 Å². The maximum atomic E-state index is 13.7. The normalized spacial score (nSPS) is 16.2. The Hall–Kier alpha value is -3.15. The van der Waals surface area contributed by atoms with Gasteiger partial charge in [-0.25, -0.2) is 0 Å². The van der Waals surface area contributed by atoms with Crippen molar-refractivity contribution < 1.29 is 9.59 Å². The third-order valence-electron chi connectivity index (χ3n) is 6.12. The van der Waals surface area contributed by atoms with Gasteiger partial charge in [0.1, 0.15) is 6.04 Å². The van der Waals surface area contributed by atoms with Gasteiger partial charge in [-0.15, -0.1) is 12.4 Å². The molecule has 2 atom stereocenters. The maximum Gasteiger partial charge on any atom is 0.249 e. The van der Waals surface area contributed by atoms with Gasteiger partial charge in [0.05, 0.1) is 12.6 Å². The van der Waals surface area contributed by atoms with E-state index in [0.717, 1.165) is 34.4 Å². The van der Waals surface area contributed by atoms with Crippen molar-refractivity contribution in [1.82, 2.24) is 10.6 Å². The third kappa shape index (κ3) is 5.44. The molecule has 0 saturated heterocycles. The van der Waals surface area contributed by atoms with Crippen LogP contribution in [0.2, 0.25) is 0 Å². The Labute approximate surface area is 201 Å². The van der Waals surface area contributed by atoms with Gasteiger partial charge < -0.3 is 15.5 Å². The minimum Gasteiger partial charge on any atom is -0.343 e. The molecule has 1 aliphatic rings. The van der Waals surface area contributed by atoms with Gasteiger partial charge in [0.2, 0.25) is 11.8 Å². The molecule has 0 radical (unpaired) electrons. The minimum atomic E-state index is -0.561. The van der Waals surface area contributed by atoms with Gasteiger partial charge in [-0.2, -0.15) is 0 Å². The molecule has 0 aromatic heterocycles. The second kappa shape index (κ2) is 11.1. The number of para-hydroxylation sites is 1. The maximum absolute atomic E-state index is 13.7. The van der Waals surface area contributed by atoms with E-state index in [1.54, 1.807) is 14.0 Å². The Morgan fingerprint density at radius 2 is 1.67 bits per heavy atom. The molecule has 3 aromatic rings. The van der Waals surface area contributed by atoms with Crippen LogP contribution in [0.4, 0.5) is 5.69 Å². The SMILES string of the molecule is CN[C@@H](C)C(=O)NC1CCc2ccccc2N(Cc2ccccc2-c2ccccc2)C1=O.Cl. The van der Waals surface area contributed by atoms with Crippen LogP contribution in [0, 0.1) is 0 Å². The van der Waals surface area contributed by atoms with E-state index in [-0.39, 0.29) is 30.3 Å². The third-order valence-corrected chi connectivity index (χ3v) is 6.12. The molecule has 1 heterocycles. The van der Waals surface area contributed by atoms with Crippen LogP contribution < -0.4 is 15.5 Å². The van der Waals surface area contributed by atoms with Crippen LogP contribution in [0.25, 0.3) is 11.1 Å². The molecule has 0 fully saturated rings. The number of amides is 2. The highest BCUT2D eigenvalue weighted by molar-refractivity contribution is 6.01. The van der Waals surface area contributed by atoms with Crippen molar-refractivity contribution in [2.24, 2.45) is 0 Å². The van der Waals surface area contributed by atoms with Crippen LogP contribution in [0.1, 0.15) is 24.5 Å². The first kappa shape index (κ1) is 24.5.